The van der Waals surface area contributed by atoms with Crippen LogP contribution in [-0.4, -0.2) is 17.0 Å². The molecule has 1 aliphatic carbocycles. The lowest BCUT2D eigenvalue weighted by molar-refractivity contribution is 0.773. The zero-order valence-electron chi connectivity index (χ0n) is 8.82. The third kappa shape index (κ3) is 2.53. The Hall–Kier alpha value is -0.230. The van der Waals surface area contributed by atoms with E-state index in [1.807, 2.05) is 11.8 Å². The van der Waals surface area contributed by atoms with Gasteiger partial charge in [0, 0.05) is 14.5 Å². The van der Waals surface area contributed by atoms with Crippen molar-refractivity contribution >= 4 is 45.2 Å². The minimum atomic E-state index is 0.741. The molecule has 84 valence electrons. The second kappa shape index (κ2) is 4.56. The van der Waals surface area contributed by atoms with Crippen LogP contribution in [0.2, 0.25) is 0 Å². The first-order chi connectivity index (χ1) is 7.81. The molecule has 1 fully saturated rings. The van der Waals surface area contributed by atoms with E-state index >= 15 is 0 Å². The smallest absolute Gasteiger partial charge is 0.161 e. The fourth-order valence-corrected chi connectivity index (χ4v) is 3.63. The summed E-state index contributed by atoms with van der Waals surface area (Å²) in [5.74, 6) is 0.934. The van der Waals surface area contributed by atoms with Crippen molar-refractivity contribution in [3.8, 4) is 0 Å². The summed E-state index contributed by atoms with van der Waals surface area (Å²) in [5, 5.41) is 5.24. The van der Waals surface area contributed by atoms with Crippen LogP contribution in [0.1, 0.15) is 12.8 Å². The molecule has 1 unspecified atom stereocenters. The molecule has 0 radical (unpaired) electrons. The molecule has 0 spiro atoms. The van der Waals surface area contributed by atoms with Crippen molar-refractivity contribution < 1.29 is 0 Å². The van der Waals surface area contributed by atoms with Gasteiger partial charge in [0.25, 0.3) is 0 Å². The van der Waals surface area contributed by atoms with Gasteiger partial charge in [0.15, 0.2) is 5.17 Å². The van der Waals surface area contributed by atoms with Gasteiger partial charge in [-0.2, -0.15) is 0 Å². The van der Waals surface area contributed by atoms with E-state index in [1.54, 1.807) is 0 Å². The number of benzene rings is 1. The molecule has 1 saturated carbocycles. The molecule has 16 heavy (non-hydrogen) atoms. The lowest BCUT2D eigenvalue weighted by Crippen LogP contribution is -2.08. The Morgan fingerprint density at radius 2 is 2.25 bits per heavy atom. The molecule has 0 amide bonds. The number of anilines is 1. The third-order valence-corrected chi connectivity index (χ3v) is 4.86. The maximum absolute atomic E-state index is 4.57. The van der Waals surface area contributed by atoms with E-state index in [4.69, 9.17) is 0 Å². The number of hydrogen-bond donors (Lipinski definition) is 1. The van der Waals surface area contributed by atoms with Gasteiger partial charge in [-0.25, -0.2) is 0 Å². The van der Waals surface area contributed by atoms with Crippen molar-refractivity contribution in [2.75, 3.05) is 11.9 Å². The summed E-state index contributed by atoms with van der Waals surface area (Å²) in [7, 11) is 0. The molecule has 1 aliphatic heterocycles. The Morgan fingerprint density at radius 3 is 3.00 bits per heavy atom. The standard InChI is InChI=1S/C12H13IN2S/c13-9-2-1-3-10(6-9)15-12-14-7-11(16-12)8-4-5-8/h1-3,6,8,11H,4-5,7H2,(H,14,15). The van der Waals surface area contributed by atoms with Crippen LogP contribution < -0.4 is 5.32 Å². The largest absolute Gasteiger partial charge is 0.335 e. The van der Waals surface area contributed by atoms with Crippen molar-refractivity contribution in [2.45, 2.75) is 18.1 Å². The number of aliphatic imine (C=N–C) groups is 1. The summed E-state index contributed by atoms with van der Waals surface area (Å²) in [6, 6.07) is 8.41. The molecule has 0 aromatic heterocycles. The number of thioether (sulfide) groups is 1. The van der Waals surface area contributed by atoms with Crippen molar-refractivity contribution in [1.82, 2.24) is 0 Å². The number of hydrogen-bond acceptors (Lipinski definition) is 3. The molecule has 1 aromatic rings. The first-order valence-electron chi connectivity index (χ1n) is 5.55. The van der Waals surface area contributed by atoms with Crippen LogP contribution in [-0.2, 0) is 0 Å². The number of nitrogens with one attached hydrogen (secondary N) is 1. The van der Waals surface area contributed by atoms with E-state index in [1.165, 1.54) is 16.4 Å². The number of rotatable bonds is 2. The zero-order valence-corrected chi connectivity index (χ0v) is 11.8. The van der Waals surface area contributed by atoms with Gasteiger partial charge >= 0.3 is 0 Å². The van der Waals surface area contributed by atoms with Crippen molar-refractivity contribution in [3.05, 3.63) is 27.8 Å². The molecule has 0 bridgehead atoms. The van der Waals surface area contributed by atoms with Gasteiger partial charge in [0.2, 0.25) is 0 Å². The van der Waals surface area contributed by atoms with Crippen LogP contribution in [0.5, 0.6) is 0 Å². The summed E-state index contributed by atoms with van der Waals surface area (Å²) in [4.78, 5) is 4.57. The lowest BCUT2D eigenvalue weighted by atomic mass is 10.3. The molecule has 4 heteroatoms. The minimum absolute atomic E-state index is 0.741. The fourth-order valence-electron chi connectivity index (χ4n) is 1.86. The molecule has 1 heterocycles. The van der Waals surface area contributed by atoms with Gasteiger partial charge < -0.3 is 5.32 Å². The lowest BCUT2D eigenvalue weighted by Gasteiger charge is -2.07. The Labute approximate surface area is 113 Å². The molecular weight excluding hydrogens is 331 g/mol. The van der Waals surface area contributed by atoms with E-state index < -0.39 is 0 Å². The average Bonchev–Trinajstić information content (AvgIpc) is 3.01. The monoisotopic (exact) mass is 344 g/mol. The van der Waals surface area contributed by atoms with Crippen LogP contribution in [0.25, 0.3) is 0 Å². The van der Waals surface area contributed by atoms with Crippen LogP contribution in [0.4, 0.5) is 5.69 Å². The highest BCUT2D eigenvalue weighted by molar-refractivity contribution is 14.1. The van der Waals surface area contributed by atoms with Crippen LogP contribution in [0.15, 0.2) is 29.3 Å². The summed E-state index contributed by atoms with van der Waals surface area (Å²) < 4.78 is 1.25. The topological polar surface area (TPSA) is 24.4 Å². The van der Waals surface area contributed by atoms with Crippen molar-refractivity contribution in [2.24, 2.45) is 10.9 Å². The maximum atomic E-state index is 4.57. The highest BCUT2D eigenvalue weighted by Gasteiger charge is 2.35. The van der Waals surface area contributed by atoms with E-state index in [9.17, 15) is 0 Å². The first kappa shape index (κ1) is 10.9. The molecule has 3 rings (SSSR count). The Bertz CT molecular complexity index is 429. The second-order valence-corrected chi connectivity index (χ2v) is 6.75. The summed E-state index contributed by atoms with van der Waals surface area (Å²) in [6.07, 6.45) is 2.81. The van der Waals surface area contributed by atoms with Gasteiger partial charge in [-0.3, -0.25) is 4.99 Å². The van der Waals surface area contributed by atoms with Crippen LogP contribution >= 0.6 is 34.4 Å². The van der Waals surface area contributed by atoms with E-state index in [-0.39, 0.29) is 0 Å². The van der Waals surface area contributed by atoms with Gasteiger partial charge in [-0.1, -0.05) is 17.8 Å². The molecule has 1 aromatic carbocycles. The summed E-state index contributed by atoms with van der Waals surface area (Å²) in [6.45, 7) is 1.00. The number of amidine groups is 1. The van der Waals surface area contributed by atoms with Crippen LogP contribution in [0, 0.1) is 9.49 Å². The van der Waals surface area contributed by atoms with E-state index in [0.29, 0.717) is 0 Å². The minimum Gasteiger partial charge on any atom is -0.335 e. The number of nitrogens with zero attached hydrogens (tertiary/aromatic N) is 1. The van der Waals surface area contributed by atoms with Gasteiger partial charge in [-0.05, 0) is 59.5 Å². The Balaban J connectivity index is 1.63. The second-order valence-electron chi connectivity index (χ2n) is 4.27. The van der Waals surface area contributed by atoms with Crippen LogP contribution in [0.3, 0.4) is 0 Å². The van der Waals surface area contributed by atoms with Crippen molar-refractivity contribution in [3.63, 3.8) is 0 Å². The average molecular weight is 344 g/mol. The van der Waals surface area contributed by atoms with Crippen molar-refractivity contribution in [1.29, 1.82) is 0 Å². The first-order valence-corrected chi connectivity index (χ1v) is 7.51. The predicted molar refractivity (Wildman–Crippen MR) is 79.2 cm³/mol. The molecule has 1 atom stereocenters. The van der Waals surface area contributed by atoms with Gasteiger partial charge in [-0.15, -0.1) is 0 Å². The Morgan fingerprint density at radius 1 is 1.38 bits per heavy atom. The van der Waals surface area contributed by atoms with Gasteiger partial charge in [0.05, 0.1) is 6.54 Å². The highest BCUT2D eigenvalue weighted by atomic mass is 127. The fraction of sp³-hybridized carbons (Fsp3) is 0.417. The molecule has 2 aliphatic rings. The molecule has 1 N–H and O–H groups in total. The SMILES string of the molecule is Ic1cccc(NC2=NCC(C3CC3)S2)c1. The molecular formula is C12H13IN2S. The normalized spacial score (nSPS) is 24.3. The van der Waals surface area contributed by atoms with E-state index in [2.05, 4.69) is 57.2 Å². The maximum Gasteiger partial charge on any atom is 0.161 e. The number of halogens is 1. The summed E-state index contributed by atoms with van der Waals surface area (Å²) >= 11 is 4.25. The summed E-state index contributed by atoms with van der Waals surface area (Å²) in [5.41, 5.74) is 1.15. The Kier molecular flexibility index (Phi) is 3.11. The molecule has 2 nitrogen and oxygen atoms in total. The van der Waals surface area contributed by atoms with E-state index in [0.717, 1.165) is 28.6 Å². The quantitative estimate of drug-likeness (QED) is 0.830. The predicted octanol–water partition coefficient (Wildman–Crippen LogP) is 3.58. The molecule has 0 saturated heterocycles. The van der Waals surface area contributed by atoms with Gasteiger partial charge in [0.1, 0.15) is 0 Å². The highest BCUT2D eigenvalue weighted by Crippen LogP contribution is 2.41. The zero-order chi connectivity index (χ0) is 11.0. The third-order valence-electron chi connectivity index (χ3n) is 2.90.